The lowest BCUT2D eigenvalue weighted by Gasteiger charge is -2.07. The Morgan fingerprint density at radius 3 is 2.27 bits per heavy atom. The van der Waals surface area contributed by atoms with Crippen LogP contribution in [0, 0.1) is 0 Å². The molecule has 4 aromatic rings. The fraction of sp³-hybridized carbons (Fsp3) is 0. The molecule has 0 amide bonds. The summed E-state index contributed by atoms with van der Waals surface area (Å²) < 4.78 is 32.7. The number of phenolic OH excluding ortho intramolecular Hbond substituents is 1. The summed E-state index contributed by atoms with van der Waals surface area (Å²) in [5.41, 5.74) is 0.576. The van der Waals surface area contributed by atoms with Gasteiger partial charge in [-0.1, -0.05) is 36.4 Å². The zero-order valence-corrected chi connectivity index (χ0v) is 16.0. The summed E-state index contributed by atoms with van der Waals surface area (Å²) in [6.45, 7) is 0. The standard InChI is InChI=1S/C21H14N2O6S/c24-18-9-6-12-11-13(21(25)26)5-7-14(12)20(18)23-22-17-8-10-19(30(27,28)29)16-4-2-1-3-15(16)17/h1-11,24H,(H,25,26)(H,27,28,29)/b23-22+. The quantitative estimate of drug-likeness (QED) is 0.311. The second-order valence-electron chi connectivity index (χ2n) is 6.48. The second-order valence-corrected chi connectivity index (χ2v) is 7.87. The highest BCUT2D eigenvalue weighted by molar-refractivity contribution is 7.86. The largest absolute Gasteiger partial charge is 0.506 e. The summed E-state index contributed by atoms with van der Waals surface area (Å²) in [6, 6.07) is 16.5. The average Bonchev–Trinajstić information content (AvgIpc) is 2.71. The van der Waals surface area contributed by atoms with Crippen molar-refractivity contribution in [3.05, 3.63) is 72.3 Å². The Kier molecular flexibility index (Phi) is 4.69. The van der Waals surface area contributed by atoms with Crippen LogP contribution in [0.5, 0.6) is 5.75 Å². The Bertz CT molecular complexity index is 1460. The number of aromatic carboxylic acids is 1. The third-order valence-electron chi connectivity index (χ3n) is 4.61. The number of phenols is 1. The molecule has 4 rings (SSSR count). The highest BCUT2D eigenvalue weighted by atomic mass is 32.2. The lowest BCUT2D eigenvalue weighted by Crippen LogP contribution is -1.98. The molecule has 4 aromatic carbocycles. The van der Waals surface area contributed by atoms with Gasteiger partial charge in [0, 0.05) is 16.2 Å². The summed E-state index contributed by atoms with van der Waals surface area (Å²) in [5.74, 6) is -1.22. The lowest BCUT2D eigenvalue weighted by atomic mass is 10.0. The fourth-order valence-electron chi connectivity index (χ4n) is 3.21. The van der Waals surface area contributed by atoms with Crippen molar-refractivity contribution in [1.82, 2.24) is 0 Å². The molecule has 0 bridgehead atoms. The number of hydrogen-bond acceptors (Lipinski definition) is 6. The molecule has 0 aliphatic heterocycles. The van der Waals surface area contributed by atoms with Crippen LogP contribution in [0.1, 0.15) is 10.4 Å². The van der Waals surface area contributed by atoms with Gasteiger partial charge in [-0.15, -0.1) is 10.2 Å². The highest BCUT2D eigenvalue weighted by Crippen LogP contribution is 2.38. The van der Waals surface area contributed by atoms with Gasteiger partial charge in [0.05, 0.1) is 11.3 Å². The summed E-state index contributed by atoms with van der Waals surface area (Å²) in [5, 5.41) is 29.5. The van der Waals surface area contributed by atoms with E-state index in [1.54, 1.807) is 30.3 Å². The van der Waals surface area contributed by atoms with Crippen LogP contribution in [0.4, 0.5) is 11.4 Å². The van der Waals surface area contributed by atoms with E-state index in [1.165, 1.54) is 36.4 Å². The molecule has 0 heterocycles. The van der Waals surface area contributed by atoms with E-state index in [2.05, 4.69) is 10.2 Å². The van der Waals surface area contributed by atoms with Crippen molar-refractivity contribution in [2.24, 2.45) is 10.2 Å². The van der Waals surface area contributed by atoms with Gasteiger partial charge in [0.25, 0.3) is 10.1 Å². The topological polar surface area (TPSA) is 137 Å². The number of carboxylic acid groups (broad SMARTS) is 1. The fourth-order valence-corrected chi connectivity index (χ4v) is 3.91. The number of nitrogens with zero attached hydrogens (tertiary/aromatic N) is 2. The lowest BCUT2D eigenvalue weighted by molar-refractivity contribution is 0.0697. The first-order chi connectivity index (χ1) is 14.3. The molecule has 0 aliphatic carbocycles. The number of azo groups is 1. The highest BCUT2D eigenvalue weighted by Gasteiger charge is 2.16. The van der Waals surface area contributed by atoms with E-state index in [-0.39, 0.29) is 27.3 Å². The van der Waals surface area contributed by atoms with Gasteiger partial charge in [0.1, 0.15) is 16.3 Å². The van der Waals surface area contributed by atoms with Crippen LogP contribution in [0.15, 0.2) is 81.9 Å². The maximum absolute atomic E-state index is 11.6. The third-order valence-corrected chi connectivity index (χ3v) is 5.53. The van der Waals surface area contributed by atoms with Gasteiger partial charge in [-0.2, -0.15) is 8.42 Å². The first-order valence-corrected chi connectivity index (χ1v) is 10.1. The Balaban J connectivity index is 1.87. The SMILES string of the molecule is O=C(O)c1ccc2c(/N=N/c3ccc(S(=O)(=O)O)c4ccccc34)c(O)ccc2c1. The predicted molar refractivity (Wildman–Crippen MR) is 111 cm³/mol. The summed E-state index contributed by atoms with van der Waals surface area (Å²) in [6.07, 6.45) is 0. The molecule has 0 aliphatic rings. The minimum absolute atomic E-state index is 0.0999. The number of aromatic hydroxyl groups is 1. The number of hydrogen-bond donors (Lipinski definition) is 3. The van der Waals surface area contributed by atoms with E-state index < -0.39 is 16.1 Å². The monoisotopic (exact) mass is 422 g/mol. The minimum Gasteiger partial charge on any atom is -0.506 e. The van der Waals surface area contributed by atoms with Crippen molar-refractivity contribution in [1.29, 1.82) is 0 Å². The van der Waals surface area contributed by atoms with Gasteiger partial charge in [0.15, 0.2) is 0 Å². The smallest absolute Gasteiger partial charge is 0.335 e. The Morgan fingerprint density at radius 2 is 1.57 bits per heavy atom. The van der Waals surface area contributed by atoms with Gasteiger partial charge < -0.3 is 10.2 Å². The summed E-state index contributed by atoms with van der Waals surface area (Å²) in [4.78, 5) is 10.9. The van der Waals surface area contributed by atoms with E-state index >= 15 is 0 Å². The molecule has 9 heteroatoms. The van der Waals surface area contributed by atoms with Crippen LogP contribution in [0.2, 0.25) is 0 Å². The molecule has 3 N–H and O–H groups in total. The van der Waals surface area contributed by atoms with E-state index in [4.69, 9.17) is 5.11 Å². The predicted octanol–water partition coefficient (Wildman–Crippen LogP) is 5.06. The van der Waals surface area contributed by atoms with Gasteiger partial charge in [0.2, 0.25) is 0 Å². The summed E-state index contributed by atoms with van der Waals surface area (Å²) in [7, 11) is -4.42. The van der Waals surface area contributed by atoms with Crippen LogP contribution in [0.3, 0.4) is 0 Å². The van der Waals surface area contributed by atoms with Crippen molar-refractivity contribution in [3.8, 4) is 5.75 Å². The van der Waals surface area contributed by atoms with E-state index in [1.807, 2.05) is 0 Å². The van der Waals surface area contributed by atoms with Crippen molar-refractivity contribution in [3.63, 3.8) is 0 Å². The average molecular weight is 422 g/mol. The van der Waals surface area contributed by atoms with Crippen LogP contribution in [0.25, 0.3) is 21.5 Å². The molecular formula is C21H14N2O6S. The Hall–Kier alpha value is -3.82. The molecule has 0 radical (unpaired) electrons. The Morgan fingerprint density at radius 1 is 0.833 bits per heavy atom. The number of carboxylic acids is 1. The number of carbonyl (C=O) groups is 1. The zero-order chi connectivity index (χ0) is 21.5. The molecule has 0 aromatic heterocycles. The first-order valence-electron chi connectivity index (χ1n) is 8.66. The summed E-state index contributed by atoms with van der Waals surface area (Å²) >= 11 is 0. The van der Waals surface area contributed by atoms with Crippen molar-refractivity contribution in [2.75, 3.05) is 0 Å². The van der Waals surface area contributed by atoms with E-state index in [9.17, 15) is 22.9 Å². The first kappa shape index (κ1) is 19.5. The van der Waals surface area contributed by atoms with Crippen LogP contribution in [-0.2, 0) is 10.1 Å². The number of rotatable bonds is 4. The van der Waals surface area contributed by atoms with Crippen molar-refractivity contribution >= 4 is 49.0 Å². The molecule has 0 unspecified atom stereocenters. The molecule has 0 atom stereocenters. The molecular weight excluding hydrogens is 408 g/mol. The number of benzene rings is 4. The van der Waals surface area contributed by atoms with Crippen LogP contribution < -0.4 is 0 Å². The normalized spacial score (nSPS) is 12.0. The van der Waals surface area contributed by atoms with Gasteiger partial charge >= 0.3 is 5.97 Å². The molecule has 150 valence electrons. The molecule has 0 saturated heterocycles. The van der Waals surface area contributed by atoms with Crippen LogP contribution in [-0.4, -0.2) is 29.2 Å². The Labute approximate surface area is 170 Å². The number of fused-ring (bicyclic) bond motifs is 2. The molecule has 30 heavy (non-hydrogen) atoms. The van der Waals surface area contributed by atoms with Gasteiger partial charge in [-0.3, -0.25) is 4.55 Å². The van der Waals surface area contributed by atoms with Crippen molar-refractivity contribution < 1.29 is 28.0 Å². The third kappa shape index (κ3) is 3.47. The van der Waals surface area contributed by atoms with Gasteiger partial charge in [-0.05, 0) is 35.7 Å². The maximum Gasteiger partial charge on any atom is 0.335 e. The molecule has 0 saturated carbocycles. The zero-order valence-electron chi connectivity index (χ0n) is 15.2. The van der Waals surface area contributed by atoms with Crippen LogP contribution >= 0.6 is 0 Å². The second kappa shape index (κ2) is 7.21. The van der Waals surface area contributed by atoms with Crippen molar-refractivity contribution in [2.45, 2.75) is 4.90 Å². The van der Waals surface area contributed by atoms with Gasteiger partial charge in [-0.25, -0.2) is 4.79 Å². The maximum atomic E-state index is 11.6. The minimum atomic E-state index is -4.42. The molecule has 0 spiro atoms. The molecule has 8 nitrogen and oxygen atoms in total. The molecule has 0 fully saturated rings. The van der Waals surface area contributed by atoms with E-state index in [0.29, 0.717) is 21.8 Å². The van der Waals surface area contributed by atoms with E-state index in [0.717, 1.165) is 0 Å².